The lowest BCUT2D eigenvalue weighted by Crippen LogP contribution is -2.29. The van der Waals surface area contributed by atoms with Gasteiger partial charge >= 0.3 is 0 Å². The summed E-state index contributed by atoms with van der Waals surface area (Å²) in [5.41, 5.74) is 2.99. The molecule has 1 amide bonds. The molecular weight excluding hydrogens is 264 g/mol. The summed E-state index contributed by atoms with van der Waals surface area (Å²) in [6.45, 7) is 2.08. The number of carbonyl (C=O) groups excluding carboxylic acids is 1. The number of hydrogen-bond donors (Lipinski definition) is 1. The Hall–Kier alpha value is -1.55. The van der Waals surface area contributed by atoms with E-state index in [9.17, 15) is 4.79 Å². The molecular formula is C17H26N2O2. The normalized spacial score (nSPS) is 21.9. The van der Waals surface area contributed by atoms with Crippen LogP contribution < -0.4 is 5.32 Å². The van der Waals surface area contributed by atoms with Gasteiger partial charge in [0.25, 0.3) is 5.91 Å². The van der Waals surface area contributed by atoms with Gasteiger partial charge in [-0.2, -0.15) is 0 Å². The van der Waals surface area contributed by atoms with Crippen molar-refractivity contribution in [3.05, 3.63) is 29.3 Å². The van der Waals surface area contributed by atoms with E-state index >= 15 is 0 Å². The number of ether oxygens (including phenoxy) is 1. The van der Waals surface area contributed by atoms with Crippen LogP contribution in [0.3, 0.4) is 0 Å². The average molecular weight is 290 g/mol. The number of nitrogens with one attached hydrogen (secondary N) is 1. The van der Waals surface area contributed by atoms with Crippen molar-refractivity contribution >= 4 is 11.6 Å². The SMILES string of the molecule is COC1CCC(Nc2cc(C(=O)N(C)C)ccc2C)CC1. The van der Waals surface area contributed by atoms with Crippen LogP contribution in [0.1, 0.15) is 41.6 Å². The molecule has 21 heavy (non-hydrogen) atoms. The first-order valence-corrected chi connectivity index (χ1v) is 7.63. The largest absolute Gasteiger partial charge is 0.382 e. The second-order valence-corrected chi connectivity index (χ2v) is 6.08. The highest BCUT2D eigenvalue weighted by atomic mass is 16.5. The summed E-state index contributed by atoms with van der Waals surface area (Å²) in [5, 5.41) is 3.60. The van der Waals surface area contributed by atoms with Gasteiger partial charge in [0.1, 0.15) is 0 Å². The lowest BCUT2D eigenvalue weighted by atomic mass is 9.92. The summed E-state index contributed by atoms with van der Waals surface area (Å²) < 4.78 is 5.41. The van der Waals surface area contributed by atoms with E-state index in [1.165, 1.54) is 5.56 Å². The van der Waals surface area contributed by atoms with Crippen molar-refractivity contribution in [2.24, 2.45) is 0 Å². The third kappa shape index (κ3) is 3.97. The van der Waals surface area contributed by atoms with Crippen molar-refractivity contribution in [3.63, 3.8) is 0 Å². The molecule has 0 saturated heterocycles. The van der Waals surface area contributed by atoms with Gasteiger partial charge in [0.15, 0.2) is 0 Å². The van der Waals surface area contributed by atoms with E-state index in [1.807, 2.05) is 18.2 Å². The van der Waals surface area contributed by atoms with E-state index in [-0.39, 0.29) is 5.91 Å². The maximum absolute atomic E-state index is 12.1. The number of carbonyl (C=O) groups is 1. The van der Waals surface area contributed by atoms with Crippen LogP contribution in [-0.4, -0.2) is 44.2 Å². The van der Waals surface area contributed by atoms with Crippen LogP contribution >= 0.6 is 0 Å². The zero-order chi connectivity index (χ0) is 15.4. The lowest BCUT2D eigenvalue weighted by molar-refractivity contribution is 0.0682. The van der Waals surface area contributed by atoms with Crippen LogP contribution in [0.4, 0.5) is 5.69 Å². The highest BCUT2D eigenvalue weighted by Gasteiger charge is 2.21. The second-order valence-electron chi connectivity index (χ2n) is 6.08. The van der Waals surface area contributed by atoms with Crippen molar-refractivity contribution in [2.75, 3.05) is 26.5 Å². The number of anilines is 1. The molecule has 0 aliphatic heterocycles. The zero-order valence-corrected chi connectivity index (χ0v) is 13.5. The van der Waals surface area contributed by atoms with Crippen molar-refractivity contribution in [2.45, 2.75) is 44.8 Å². The minimum atomic E-state index is 0.0427. The summed E-state index contributed by atoms with van der Waals surface area (Å²) in [6.07, 6.45) is 4.84. The van der Waals surface area contributed by atoms with Crippen molar-refractivity contribution in [1.82, 2.24) is 4.90 Å². The first-order valence-electron chi connectivity index (χ1n) is 7.63. The second kappa shape index (κ2) is 6.94. The van der Waals surface area contributed by atoms with Crippen molar-refractivity contribution < 1.29 is 9.53 Å². The molecule has 4 heteroatoms. The standard InChI is InChI=1S/C17H26N2O2/c1-12-5-6-13(17(20)19(2)3)11-16(12)18-14-7-9-15(21-4)10-8-14/h5-6,11,14-15,18H,7-10H2,1-4H3. The lowest BCUT2D eigenvalue weighted by Gasteiger charge is -2.29. The molecule has 116 valence electrons. The quantitative estimate of drug-likeness (QED) is 0.926. The first kappa shape index (κ1) is 15.8. The number of hydrogen-bond acceptors (Lipinski definition) is 3. The summed E-state index contributed by atoms with van der Waals surface area (Å²) in [6, 6.07) is 6.35. The topological polar surface area (TPSA) is 41.6 Å². The number of rotatable bonds is 4. The van der Waals surface area contributed by atoms with Gasteiger partial charge < -0.3 is 15.0 Å². The van der Waals surface area contributed by atoms with E-state index in [1.54, 1.807) is 26.1 Å². The van der Waals surface area contributed by atoms with E-state index in [0.29, 0.717) is 12.1 Å². The molecule has 1 fully saturated rings. The monoisotopic (exact) mass is 290 g/mol. The Morgan fingerprint density at radius 3 is 2.48 bits per heavy atom. The maximum Gasteiger partial charge on any atom is 0.253 e. The van der Waals surface area contributed by atoms with Gasteiger partial charge in [-0.25, -0.2) is 0 Å². The van der Waals surface area contributed by atoms with Gasteiger partial charge in [-0.05, 0) is 50.3 Å². The number of aryl methyl sites for hydroxylation is 1. The Kier molecular flexibility index (Phi) is 5.23. The van der Waals surface area contributed by atoms with Crippen LogP contribution in [0.2, 0.25) is 0 Å². The fraction of sp³-hybridized carbons (Fsp3) is 0.588. The van der Waals surface area contributed by atoms with E-state index in [0.717, 1.165) is 36.9 Å². The highest BCUT2D eigenvalue weighted by Crippen LogP contribution is 2.26. The van der Waals surface area contributed by atoms with Gasteiger partial charge in [0.05, 0.1) is 6.10 Å². The fourth-order valence-corrected chi connectivity index (χ4v) is 2.83. The van der Waals surface area contributed by atoms with Gasteiger partial charge in [0.2, 0.25) is 0 Å². The fourth-order valence-electron chi connectivity index (χ4n) is 2.83. The molecule has 4 nitrogen and oxygen atoms in total. The molecule has 1 N–H and O–H groups in total. The summed E-state index contributed by atoms with van der Waals surface area (Å²) in [5.74, 6) is 0.0427. The highest BCUT2D eigenvalue weighted by molar-refractivity contribution is 5.95. The van der Waals surface area contributed by atoms with Gasteiger partial charge in [-0.1, -0.05) is 6.07 Å². The van der Waals surface area contributed by atoms with E-state index < -0.39 is 0 Å². The smallest absolute Gasteiger partial charge is 0.253 e. The molecule has 1 aromatic rings. The third-order valence-corrected chi connectivity index (χ3v) is 4.26. The predicted octanol–water partition coefficient (Wildman–Crippen LogP) is 3.07. The molecule has 0 unspecified atom stereocenters. The van der Waals surface area contributed by atoms with Crippen LogP contribution in [-0.2, 0) is 4.74 Å². The molecule has 0 bridgehead atoms. The maximum atomic E-state index is 12.1. The molecule has 0 atom stereocenters. The van der Waals surface area contributed by atoms with Crippen LogP contribution in [0.5, 0.6) is 0 Å². The van der Waals surface area contributed by atoms with E-state index in [4.69, 9.17) is 4.74 Å². The number of benzene rings is 1. The molecule has 0 aromatic heterocycles. The summed E-state index contributed by atoms with van der Waals surface area (Å²) in [7, 11) is 5.35. The first-order chi connectivity index (χ1) is 10.0. The third-order valence-electron chi connectivity index (χ3n) is 4.26. The van der Waals surface area contributed by atoms with Gasteiger partial charge in [-0.3, -0.25) is 4.79 Å². The molecule has 1 saturated carbocycles. The minimum Gasteiger partial charge on any atom is -0.382 e. The Balaban J connectivity index is 2.06. The van der Waals surface area contributed by atoms with Gasteiger partial charge in [-0.15, -0.1) is 0 Å². The summed E-state index contributed by atoms with van der Waals surface area (Å²) >= 11 is 0. The van der Waals surface area contributed by atoms with Crippen LogP contribution in [0, 0.1) is 6.92 Å². The molecule has 2 rings (SSSR count). The van der Waals surface area contributed by atoms with Crippen LogP contribution in [0.15, 0.2) is 18.2 Å². The minimum absolute atomic E-state index is 0.0427. The molecule has 0 radical (unpaired) electrons. The molecule has 1 aromatic carbocycles. The Morgan fingerprint density at radius 1 is 1.24 bits per heavy atom. The van der Waals surface area contributed by atoms with E-state index in [2.05, 4.69) is 12.2 Å². The Labute approximate surface area is 127 Å². The molecule has 1 aliphatic rings. The summed E-state index contributed by atoms with van der Waals surface area (Å²) in [4.78, 5) is 13.7. The van der Waals surface area contributed by atoms with Crippen LogP contribution in [0.25, 0.3) is 0 Å². The number of nitrogens with zero attached hydrogens (tertiary/aromatic N) is 1. The Bertz CT molecular complexity index is 492. The van der Waals surface area contributed by atoms with Crippen molar-refractivity contribution in [3.8, 4) is 0 Å². The molecule has 0 heterocycles. The van der Waals surface area contributed by atoms with Crippen molar-refractivity contribution in [1.29, 1.82) is 0 Å². The zero-order valence-electron chi connectivity index (χ0n) is 13.5. The predicted molar refractivity (Wildman–Crippen MR) is 85.9 cm³/mol. The Morgan fingerprint density at radius 2 is 1.90 bits per heavy atom. The number of amides is 1. The van der Waals surface area contributed by atoms with Gasteiger partial charge in [0, 0.05) is 38.5 Å². The average Bonchev–Trinajstić information content (AvgIpc) is 2.49. The molecule has 0 spiro atoms. The number of methoxy groups -OCH3 is 1. The molecule has 1 aliphatic carbocycles.